The molecule has 1 aromatic rings. The Morgan fingerprint density at radius 1 is 1.38 bits per heavy atom. The van der Waals surface area contributed by atoms with E-state index in [9.17, 15) is 5.11 Å². The summed E-state index contributed by atoms with van der Waals surface area (Å²) in [5, 5.41) is 9.49. The summed E-state index contributed by atoms with van der Waals surface area (Å²) in [6.45, 7) is 6.88. The molecule has 16 heavy (non-hydrogen) atoms. The first-order chi connectivity index (χ1) is 7.70. The number of rotatable bonds is 7. The minimum atomic E-state index is -0.389. The van der Waals surface area contributed by atoms with Crippen LogP contribution in [0.25, 0.3) is 0 Å². The van der Waals surface area contributed by atoms with Crippen molar-refractivity contribution in [1.82, 2.24) is 0 Å². The Labute approximate surface area is 97.6 Å². The second kappa shape index (κ2) is 7.20. The average Bonchev–Trinajstić information content (AvgIpc) is 2.29. The average molecular weight is 220 g/mol. The van der Waals surface area contributed by atoms with Gasteiger partial charge < -0.3 is 9.84 Å². The lowest BCUT2D eigenvalue weighted by atomic mass is 10.1. The van der Waals surface area contributed by atoms with Crippen LogP contribution in [-0.2, 0) is 11.3 Å². The monoisotopic (exact) mass is 220 g/mol. The molecule has 1 atom stereocenters. The highest BCUT2D eigenvalue weighted by Gasteiger charge is 2.03. The fraction of sp³-hybridized carbons (Fsp3) is 0.429. The van der Waals surface area contributed by atoms with Gasteiger partial charge in [0.15, 0.2) is 0 Å². The molecule has 0 aromatic heterocycles. The number of aliphatic hydroxyl groups is 1. The van der Waals surface area contributed by atoms with Crippen LogP contribution in [0.2, 0.25) is 0 Å². The Hall–Kier alpha value is -1.12. The summed E-state index contributed by atoms with van der Waals surface area (Å²) >= 11 is 0. The third-order valence-electron chi connectivity index (χ3n) is 2.45. The van der Waals surface area contributed by atoms with Gasteiger partial charge >= 0.3 is 0 Å². The maximum absolute atomic E-state index is 9.49. The van der Waals surface area contributed by atoms with Crippen LogP contribution < -0.4 is 0 Å². The highest BCUT2D eigenvalue weighted by atomic mass is 16.5. The zero-order valence-electron chi connectivity index (χ0n) is 9.86. The first kappa shape index (κ1) is 12.9. The van der Waals surface area contributed by atoms with E-state index >= 15 is 0 Å². The highest BCUT2D eigenvalue weighted by molar-refractivity contribution is 5.13. The van der Waals surface area contributed by atoms with Crippen molar-refractivity contribution in [2.24, 2.45) is 0 Å². The summed E-state index contributed by atoms with van der Waals surface area (Å²) in [6, 6.07) is 10.1. The third kappa shape index (κ3) is 5.10. The van der Waals surface area contributed by atoms with E-state index in [4.69, 9.17) is 4.74 Å². The molecule has 1 aromatic carbocycles. The van der Waals surface area contributed by atoms with Crippen LogP contribution in [0.1, 0.15) is 25.3 Å². The molecule has 0 fully saturated rings. The highest BCUT2D eigenvalue weighted by Crippen LogP contribution is 2.06. The van der Waals surface area contributed by atoms with Crippen molar-refractivity contribution < 1.29 is 9.84 Å². The maximum Gasteiger partial charge on any atom is 0.0745 e. The van der Waals surface area contributed by atoms with Crippen LogP contribution in [-0.4, -0.2) is 17.8 Å². The van der Waals surface area contributed by atoms with Crippen molar-refractivity contribution in [1.29, 1.82) is 0 Å². The Kier molecular flexibility index (Phi) is 5.83. The van der Waals surface area contributed by atoms with E-state index in [1.807, 2.05) is 37.3 Å². The van der Waals surface area contributed by atoms with Gasteiger partial charge in [-0.15, -0.1) is 0 Å². The fourth-order valence-electron chi connectivity index (χ4n) is 1.39. The molecule has 0 unspecified atom stereocenters. The van der Waals surface area contributed by atoms with Gasteiger partial charge in [-0.05, 0) is 25.3 Å². The number of hydrogen-bond acceptors (Lipinski definition) is 2. The van der Waals surface area contributed by atoms with Crippen molar-refractivity contribution in [3.05, 3.63) is 48.0 Å². The van der Waals surface area contributed by atoms with Gasteiger partial charge in [-0.1, -0.05) is 42.5 Å². The van der Waals surface area contributed by atoms with Crippen molar-refractivity contribution >= 4 is 0 Å². The van der Waals surface area contributed by atoms with Crippen LogP contribution in [0, 0.1) is 0 Å². The predicted octanol–water partition coefficient (Wildman–Crippen LogP) is 2.92. The molecule has 2 nitrogen and oxygen atoms in total. The number of benzene rings is 1. The molecule has 88 valence electrons. The lowest BCUT2D eigenvalue weighted by molar-refractivity contribution is 0.104. The molecule has 1 N–H and O–H groups in total. The molecule has 2 heteroatoms. The van der Waals surface area contributed by atoms with E-state index in [2.05, 4.69) is 6.58 Å². The molecule has 0 saturated heterocycles. The molecule has 0 radical (unpaired) electrons. The van der Waals surface area contributed by atoms with Gasteiger partial charge in [-0.25, -0.2) is 0 Å². The number of ether oxygens (including phenoxy) is 1. The Morgan fingerprint density at radius 2 is 2.06 bits per heavy atom. The summed E-state index contributed by atoms with van der Waals surface area (Å²) in [6.07, 6.45) is 1.20. The topological polar surface area (TPSA) is 29.5 Å². The Bertz CT molecular complexity index is 306. The Morgan fingerprint density at radius 3 is 2.69 bits per heavy atom. The smallest absolute Gasteiger partial charge is 0.0745 e. The third-order valence-corrected chi connectivity index (χ3v) is 2.45. The normalized spacial score (nSPS) is 12.4. The Balaban J connectivity index is 2.07. The van der Waals surface area contributed by atoms with Crippen molar-refractivity contribution in [2.45, 2.75) is 32.5 Å². The van der Waals surface area contributed by atoms with Crippen molar-refractivity contribution in [2.75, 3.05) is 6.61 Å². The summed E-state index contributed by atoms with van der Waals surface area (Å²) in [5.41, 5.74) is 2.01. The van der Waals surface area contributed by atoms with Crippen molar-refractivity contribution in [3.63, 3.8) is 0 Å². The van der Waals surface area contributed by atoms with Gasteiger partial charge in [-0.3, -0.25) is 0 Å². The summed E-state index contributed by atoms with van der Waals surface area (Å²) in [5.74, 6) is 0. The first-order valence-electron chi connectivity index (χ1n) is 5.65. The lowest BCUT2D eigenvalue weighted by Crippen LogP contribution is -2.08. The second-order valence-corrected chi connectivity index (χ2v) is 4.04. The van der Waals surface area contributed by atoms with E-state index in [1.54, 1.807) is 0 Å². The molecule has 0 saturated carbocycles. The molecule has 0 amide bonds. The van der Waals surface area contributed by atoms with Gasteiger partial charge in [0, 0.05) is 6.61 Å². The molecular weight excluding hydrogens is 200 g/mol. The van der Waals surface area contributed by atoms with E-state index in [0.29, 0.717) is 13.2 Å². The van der Waals surface area contributed by atoms with Gasteiger partial charge in [-0.2, -0.15) is 0 Å². The lowest BCUT2D eigenvalue weighted by Gasteiger charge is -2.09. The van der Waals surface area contributed by atoms with Gasteiger partial charge in [0.1, 0.15) is 0 Å². The van der Waals surface area contributed by atoms with Crippen LogP contribution in [0.4, 0.5) is 0 Å². The number of aliphatic hydroxyl groups excluding tert-OH is 1. The standard InChI is InChI=1S/C14H20O2/c1-12(2)14(15)9-6-10-16-11-13-7-4-3-5-8-13/h3-5,7-8,14-15H,1,6,9-11H2,2H3/t14-/m0/s1. The fourth-order valence-corrected chi connectivity index (χ4v) is 1.39. The van der Waals surface area contributed by atoms with Crippen LogP contribution >= 0.6 is 0 Å². The van der Waals surface area contributed by atoms with E-state index in [-0.39, 0.29) is 6.10 Å². The molecule has 0 aliphatic heterocycles. The molecule has 1 rings (SSSR count). The SMILES string of the molecule is C=C(C)[C@@H](O)CCCOCc1ccccc1. The first-order valence-corrected chi connectivity index (χ1v) is 5.65. The molecule has 0 bridgehead atoms. The van der Waals surface area contributed by atoms with Crippen molar-refractivity contribution in [3.8, 4) is 0 Å². The zero-order chi connectivity index (χ0) is 11.8. The molecule has 0 heterocycles. The molecule has 0 spiro atoms. The largest absolute Gasteiger partial charge is 0.389 e. The quantitative estimate of drug-likeness (QED) is 0.565. The van der Waals surface area contributed by atoms with E-state index in [1.165, 1.54) is 5.56 Å². The summed E-state index contributed by atoms with van der Waals surface area (Å²) in [7, 11) is 0. The van der Waals surface area contributed by atoms with Gasteiger partial charge in [0.05, 0.1) is 12.7 Å². The van der Waals surface area contributed by atoms with E-state index < -0.39 is 0 Å². The van der Waals surface area contributed by atoms with Gasteiger partial charge in [0.2, 0.25) is 0 Å². The minimum absolute atomic E-state index is 0.389. The van der Waals surface area contributed by atoms with Crippen LogP contribution in [0.3, 0.4) is 0 Å². The molecule has 0 aliphatic rings. The predicted molar refractivity (Wildman–Crippen MR) is 66.2 cm³/mol. The zero-order valence-corrected chi connectivity index (χ0v) is 9.86. The summed E-state index contributed by atoms with van der Waals surface area (Å²) < 4.78 is 5.51. The van der Waals surface area contributed by atoms with Gasteiger partial charge in [0.25, 0.3) is 0 Å². The van der Waals surface area contributed by atoms with E-state index in [0.717, 1.165) is 18.4 Å². The second-order valence-electron chi connectivity index (χ2n) is 4.04. The van der Waals surface area contributed by atoms with Crippen LogP contribution in [0.5, 0.6) is 0 Å². The number of hydrogen-bond donors (Lipinski definition) is 1. The minimum Gasteiger partial charge on any atom is -0.389 e. The maximum atomic E-state index is 9.49. The molecular formula is C14H20O2. The summed E-state index contributed by atoms with van der Waals surface area (Å²) in [4.78, 5) is 0. The van der Waals surface area contributed by atoms with Crippen LogP contribution in [0.15, 0.2) is 42.5 Å². The molecule has 0 aliphatic carbocycles.